The first kappa shape index (κ1) is 14.3. The Labute approximate surface area is 109 Å². The average Bonchev–Trinajstić information content (AvgIpc) is 2.67. The fourth-order valence-electron chi connectivity index (χ4n) is 1.89. The van der Waals surface area contributed by atoms with Crippen LogP contribution in [-0.4, -0.2) is 16.3 Å². The Balaban J connectivity index is 2.90. The molecule has 1 aromatic rings. The van der Waals surface area contributed by atoms with Gasteiger partial charge in [0, 0.05) is 6.54 Å². The third kappa shape index (κ3) is 3.86. The molecule has 0 aromatic carbocycles. The number of aryl methyl sites for hydroxylation is 1. The van der Waals surface area contributed by atoms with Gasteiger partial charge < -0.3 is 5.32 Å². The summed E-state index contributed by atoms with van der Waals surface area (Å²) in [6.45, 7) is 9.99. The smallest absolute Gasteiger partial charge is 0.0834 e. The van der Waals surface area contributed by atoms with Gasteiger partial charge >= 0.3 is 0 Å². The highest BCUT2D eigenvalue weighted by atomic mass is 35.5. The summed E-state index contributed by atoms with van der Waals surface area (Å²) in [5.74, 6) is 0. The summed E-state index contributed by atoms with van der Waals surface area (Å²) in [7, 11) is 0. The molecule has 0 saturated carbocycles. The molecule has 0 fully saturated rings. The molecule has 1 heterocycles. The summed E-state index contributed by atoms with van der Waals surface area (Å²) in [4.78, 5) is 0. The Kier molecular flexibility index (Phi) is 6.30. The molecular formula is C13H22ClN3. The molecule has 1 aromatic heterocycles. The second-order valence-electron chi connectivity index (χ2n) is 4.13. The molecule has 1 unspecified atom stereocenters. The van der Waals surface area contributed by atoms with Gasteiger partial charge in [0.2, 0.25) is 0 Å². The van der Waals surface area contributed by atoms with E-state index >= 15 is 0 Å². The number of halogens is 1. The van der Waals surface area contributed by atoms with Crippen LogP contribution in [0, 0.1) is 0 Å². The summed E-state index contributed by atoms with van der Waals surface area (Å²) in [5.41, 5.74) is 1.09. The van der Waals surface area contributed by atoms with E-state index in [-0.39, 0.29) is 6.04 Å². The van der Waals surface area contributed by atoms with E-state index in [0.717, 1.165) is 43.1 Å². The van der Waals surface area contributed by atoms with Crippen LogP contribution in [0.15, 0.2) is 18.9 Å². The second kappa shape index (κ2) is 7.51. The lowest BCUT2D eigenvalue weighted by molar-refractivity contribution is 0.473. The third-order valence-electron chi connectivity index (χ3n) is 2.64. The summed E-state index contributed by atoms with van der Waals surface area (Å²) in [5, 5.41) is 8.57. The first-order chi connectivity index (χ1) is 8.24. The number of hydrogen-bond donors (Lipinski definition) is 1. The number of hydrogen-bond acceptors (Lipinski definition) is 2. The van der Waals surface area contributed by atoms with Crippen LogP contribution >= 0.6 is 11.6 Å². The lowest BCUT2D eigenvalue weighted by Gasteiger charge is -2.19. The van der Waals surface area contributed by atoms with Crippen molar-refractivity contribution in [3.63, 3.8) is 0 Å². The molecule has 0 saturated heterocycles. The van der Waals surface area contributed by atoms with Gasteiger partial charge in [0.25, 0.3) is 0 Å². The van der Waals surface area contributed by atoms with E-state index in [1.807, 2.05) is 10.8 Å². The fraction of sp³-hybridized carbons (Fsp3) is 0.615. The number of rotatable bonds is 8. The highest BCUT2D eigenvalue weighted by molar-refractivity contribution is 6.31. The number of aromatic nitrogens is 2. The van der Waals surface area contributed by atoms with Crippen LogP contribution in [0.5, 0.6) is 0 Å². The molecule has 1 N–H and O–H groups in total. The Morgan fingerprint density at radius 1 is 1.53 bits per heavy atom. The number of nitrogens with one attached hydrogen (secondary N) is 1. The maximum Gasteiger partial charge on any atom is 0.0834 e. The summed E-state index contributed by atoms with van der Waals surface area (Å²) < 4.78 is 2.00. The molecule has 17 heavy (non-hydrogen) atoms. The lowest BCUT2D eigenvalue weighted by Crippen LogP contribution is -2.24. The molecule has 0 aliphatic heterocycles. The van der Waals surface area contributed by atoms with Crippen molar-refractivity contribution in [3.05, 3.63) is 29.6 Å². The van der Waals surface area contributed by atoms with E-state index in [4.69, 9.17) is 11.6 Å². The minimum absolute atomic E-state index is 0.217. The first-order valence-corrected chi connectivity index (χ1v) is 6.67. The van der Waals surface area contributed by atoms with Gasteiger partial charge in [0.1, 0.15) is 0 Å². The predicted molar refractivity (Wildman–Crippen MR) is 73.4 cm³/mol. The van der Waals surface area contributed by atoms with E-state index < -0.39 is 0 Å². The Morgan fingerprint density at radius 2 is 2.29 bits per heavy atom. The molecule has 96 valence electrons. The highest BCUT2D eigenvalue weighted by Crippen LogP contribution is 2.25. The molecule has 4 heteroatoms. The minimum atomic E-state index is 0.217. The van der Waals surface area contributed by atoms with Crippen molar-refractivity contribution in [2.24, 2.45) is 0 Å². The minimum Gasteiger partial charge on any atom is -0.308 e. The van der Waals surface area contributed by atoms with Gasteiger partial charge in [0.15, 0.2) is 0 Å². The summed E-state index contributed by atoms with van der Waals surface area (Å²) in [6.07, 6.45) is 6.69. The topological polar surface area (TPSA) is 29.9 Å². The molecule has 1 rings (SSSR count). The molecule has 3 nitrogen and oxygen atoms in total. The lowest BCUT2D eigenvalue weighted by atomic mass is 10.1. The van der Waals surface area contributed by atoms with Crippen molar-refractivity contribution in [2.75, 3.05) is 6.54 Å². The van der Waals surface area contributed by atoms with E-state index in [1.165, 1.54) is 0 Å². The zero-order valence-corrected chi connectivity index (χ0v) is 11.5. The van der Waals surface area contributed by atoms with Gasteiger partial charge in [-0.25, -0.2) is 0 Å². The summed E-state index contributed by atoms with van der Waals surface area (Å²) in [6, 6.07) is 0.217. The van der Waals surface area contributed by atoms with Gasteiger partial charge in [0.05, 0.1) is 23.0 Å². The van der Waals surface area contributed by atoms with E-state index in [2.05, 4.69) is 30.8 Å². The van der Waals surface area contributed by atoms with Crippen LogP contribution in [0.25, 0.3) is 0 Å². The van der Waals surface area contributed by atoms with Crippen LogP contribution in [0.3, 0.4) is 0 Å². The van der Waals surface area contributed by atoms with E-state index in [0.29, 0.717) is 0 Å². The van der Waals surface area contributed by atoms with Crippen molar-refractivity contribution in [2.45, 2.75) is 45.7 Å². The van der Waals surface area contributed by atoms with Crippen molar-refractivity contribution in [3.8, 4) is 0 Å². The van der Waals surface area contributed by atoms with E-state index in [1.54, 1.807) is 6.20 Å². The summed E-state index contributed by atoms with van der Waals surface area (Å²) >= 11 is 6.23. The quantitative estimate of drug-likeness (QED) is 0.720. The maximum atomic E-state index is 6.23. The Hall–Kier alpha value is -0.800. The van der Waals surface area contributed by atoms with Crippen LogP contribution in [0.1, 0.15) is 44.8 Å². The average molecular weight is 256 g/mol. The third-order valence-corrected chi connectivity index (χ3v) is 2.93. The van der Waals surface area contributed by atoms with E-state index in [9.17, 15) is 0 Å². The zero-order valence-electron chi connectivity index (χ0n) is 10.7. The monoisotopic (exact) mass is 255 g/mol. The molecule has 0 aliphatic carbocycles. The van der Waals surface area contributed by atoms with Crippen LogP contribution < -0.4 is 5.32 Å². The standard InChI is InChI=1S/C13H22ClN3/c1-4-7-12(15-8-5-2)13-11(14)10-16-17(13)9-6-3/h4,10,12,15H,1,5-9H2,2-3H3. The van der Waals surface area contributed by atoms with Crippen LogP contribution in [0.4, 0.5) is 0 Å². The number of nitrogens with zero attached hydrogens (tertiary/aromatic N) is 2. The van der Waals surface area contributed by atoms with Gasteiger partial charge in [-0.3, -0.25) is 4.68 Å². The zero-order chi connectivity index (χ0) is 12.7. The highest BCUT2D eigenvalue weighted by Gasteiger charge is 2.18. The predicted octanol–water partition coefficient (Wildman–Crippen LogP) is 3.56. The van der Waals surface area contributed by atoms with Crippen molar-refractivity contribution in [1.82, 2.24) is 15.1 Å². The largest absolute Gasteiger partial charge is 0.308 e. The van der Waals surface area contributed by atoms with Gasteiger partial charge in [-0.1, -0.05) is 31.5 Å². The molecular weight excluding hydrogens is 234 g/mol. The molecule has 0 aliphatic rings. The molecule has 0 radical (unpaired) electrons. The van der Waals surface area contributed by atoms with Gasteiger partial charge in [-0.05, 0) is 25.8 Å². The molecule has 1 atom stereocenters. The molecule has 0 spiro atoms. The molecule has 0 amide bonds. The SMILES string of the molecule is C=CCC(NCCC)c1c(Cl)cnn1CCC. The normalized spacial score (nSPS) is 12.6. The first-order valence-electron chi connectivity index (χ1n) is 6.30. The molecule has 0 bridgehead atoms. The second-order valence-corrected chi connectivity index (χ2v) is 4.54. The van der Waals surface area contributed by atoms with Crippen molar-refractivity contribution in [1.29, 1.82) is 0 Å². The van der Waals surface area contributed by atoms with Crippen molar-refractivity contribution < 1.29 is 0 Å². The Morgan fingerprint density at radius 3 is 2.88 bits per heavy atom. The van der Waals surface area contributed by atoms with Crippen molar-refractivity contribution >= 4 is 11.6 Å². The Bertz CT molecular complexity index is 346. The van der Waals surface area contributed by atoms with Crippen LogP contribution in [-0.2, 0) is 6.54 Å². The maximum absolute atomic E-state index is 6.23. The van der Waals surface area contributed by atoms with Gasteiger partial charge in [-0.2, -0.15) is 5.10 Å². The van der Waals surface area contributed by atoms with Crippen LogP contribution in [0.2, 0.25) is 5.02 Å². The fourth-order valence-corrected chi connectivity index (χ4v) is 2.16. The van der Waals surface area contributed by atoms with Gasteiger partial charge in [-0.15, -0.1) is 6.58 Å².